The SMILES string of the molecule is Oc1ccc(/C=N/Nc2nc(SCc3ccncc3)n[nH]2)cc1. The zero-order chi connectivity index (χ0) is 15.9. The highest BCUT2D eigenvalue weighted by Gasteiger charge is 2.03. The van der Waals surface area contributed by atoms with Gasteiger partial charge in [0.15, 0.2) is 0 Å². The molecule has 1 aromatic carbocycles. The molecule has 0 bridgehead atoms. The van der Waals surface area contributed by atoms with Crippen LogP contribution in [0.2, 0.25) is 0 Å². The maximum Gasteiger partial charge on any atom is 0.240 e. The van der Waals surface area contributed by atoms with Crippen LogP contribution >= 0.6 is 11.8 Å². The Hall–Kier alpha value is -2.87. The first-order chi connectivity index (χ1) is 11.3. The molecule has 0 aliphatic rings. The molecule has 3 aromatic rings. The van der Waals surface area contributed by atoms with Gasteiger partial charge in [-0.2, -0.15) is 10.1 Å². The van der Waals surface area contributed by atoms with Crippen LogP contribution < -0.4 is 5.43 Å². The number of aromatic nitrogens is 4. The smallest absolute Gasteiger partial charge is 0.240 e. The Morgan fingerprint density at radius 3 is 2.74 bits per heavy atom. The predicted molar refractivity (Wildman–Crippen MR) is 89.5 cm³/mol. The largest absolute Gasteiger partial charge is 0.508 e. The van der Waals surface area contributed by atoms with Gasteiger partial charge in [-0.25, -0.2) is 10.5 Å². The second-order valence-electron chi connectivity index (χ2n) is 4.57. The lowest BCUT2D eigenvalue weighted by Gasteiger charge is -1.96. The maximum absolute atomic E-state index is 9.21. The summed E-state index contributed by atoms with van der Waals surface area (Å²) in [7, 11) is 0. The van der Waals surface area contributed by atoms with E-state index in [0.29, 0.717) is 11.1 Å². The molecule has 2 heterocycles. The Morgan fingerprint density at radius 1 is 1.17 bits per heavy atom. The summed E-state index contributed by atoms with van der Waals surface area (Å²) in [4.78, 5) is 8.27. The van der Waals surface area contributed by atoms with Crippen molar-refractivity contribution in [2.24, 2.45) is 5.10 Å². The Bertz CT molecular complexity index is 772. The lowest BCUT2D eigenvalue weighted by Crippen LogP contribution is -1.92. The van der Waals surface area contributed by atoms with Crippen LogP contribution in [0.3, 0.4) is 0 Å². The number of pyridine rings is 1. The van der Waals surface area contributed by atoms with E-state index in [0.717, 1.165) is 16.9 Å². The molecule has 8 heteroatoms. The first-order valence-corrected chi connectivity index (χ1v) is 7.80. The second-order valence-corrected chi connectivity index (χ2v) is 5.51. The number of hydrogen-bond donors (Lipinski definition) is 3. The number of phenolic OH excluding ortho intramolecular Hbond substituents is 1. The van der Waals surface area contributed by atoms with E-state index in [4.69, 9.17) is 0 Å². The number of nitrogens with zero attached hydrogens (tertiary/aromatic N) is 4. The third kappa shape index (κ3) is 4.55. The Labute approximate surface area is 136 Å². The van der Waals surface area contributed by atoms with Gasteiger partial charge < -0.3 is 5.11 Å². The minimum atomic E-state index is 0.223. The van der Waals surface area contributed by atoms with Crippen molar-refractivity contribution in [2.45, 2.75) is 10.9 Å². The summed E-state index contributed by atoms with van der Waals surface area (Å²) < 4.78 is 0. The Kier molecular flexibility index (Phi) is 4.85. The van der Waals surface area contributed by atoms with Crippen molar-refractivity contribution in [2.75, 3.05) is 5.43 Å². The molecule has 0 atom stereocenters. The topological polar surface area (TPSA) is 99.1 Å². The number of H-pyrrole nitrogens is 1. The van der Waals surface area contributed by atoms with Gasteiger partial charge in [0, 0.05) is 18.1 Å². The van der Waals surface area contributed by atoms with E-state index in [9.17, 15) is 5.11 Å². The number of benzene rings is 1. The van der Waals surface area contributed by atoms with Crippen LogP contribution in [0.1, 0.15) is 11.1 Å². The minimum absolute atomic E-state index is 0.223. The fourth-order valence-corrected chi connectivity index (χ4v) is 2.47. The second kappa shape index (κ2) is 7.41. The average Bonchev–Trinajstić information content (AvgIpc) is 3.04. The molecule has 2 aromatic heterocycles. The molecule has 23 heavy (non-hydrogen) atoms. The molecule has 0 spiro atoms. The van der Waals surface area contributed by atoms with E-state index in [2.05, 4.69) is 30.7 Å². The van der Waals surface area contributed by atoms with E-state index in [1.165, 1.54) is 11.8 Å². The lowest BCUT2D eigenvalue weighted by atomic mass is 10.2. The Morgan fingerprint density at radius 2 is 1.96 bits per heavy atom. The third-order valence-electron chi connectivity index (χ3n) is 2.86. The molecule has 0 aliphatic heterocycles. The summed E-state index contributed by atoms with van der Waals surface area (Å²) in [5, 5.41) is 20.8. The predicted octanol–water partition coefficient (Wildman–Crippen LogP) is 2.64. The highest BCUT2D eigenvalue weighted by Crippen LogP contribution is 2.19. The number of phenols is 1. The number of rotatable bonds is 6. The zero-order valence-corrected chi connectivity index (χ0v) is 12.9. The van der Waals surface area contributed by atoms with Crippen molar-refractivity contribution in [1.29, 1.82) is 0 Å². The van der Waals surface area contributed by atoms with E-state index in [-0.39, 0.29) is 5.75 Å². The van der Waals surface area contributed by atoms with Gasteiger partial charge in [-0.1, -0.05) is 11.8 Å². The van der Waals surface area contributed by atoms with Crippen molar-refractivity contribution in [3.63, 3.8) is 0 Å². The molecule has 116 valence electrons. The fraction of sp³-hybridized carbons (Fsp3) is 0.0667. The summed E-state index contributed by atoms with van der Waals surface area (Å²) in [5.74, 6) is 1.47. The van der Waals surface area contributed by atoms with Gasteiger partial charge in [-0.15, -0.1) is 5.10 Å². The molecule has 3 N–H and O–H groups in total. The van der Waals surface area contributed by atoms with Crippen LogP contribution in [0, 0.1) is 0 Å². The third-order valence-corrected chi connectivity index (χ3v) is 3.78. The number of anilines is 1. The highest BCUT2D eigenvalue weighted by atomic mass is 32.2. The van der Waals surface area contributed by atoms with Crippen molar-refractivity contribution >= 4 is 23.9 Å². The number of nitrogens with one attached hydrogen (secondary N) is 2. The van der Waals surface area contributed by atoms with E-state index in [1.54, 1.807) is 42.9 Å². The first kappa shape index (κ1) is 15.0. The van der Waals surface area contributed by atoms with E-state index in [1.807, 2.05) is 12.1 Å². The molecule has 0 amide bonds. The van der Waals surface area contributed by atoms with Gasteiger partial charge >= 0.3 is 0 Å². The van der Waals surface area contributed by atoms with Crippen LogP contribution in [0.5, 0.6) is 5.75 Å². The van der Waals surface area contributed by atoms with Gasteiger partial charge in [-0.3, -0.25) is 4.98 Å². The molecule has 0 unspecified atom stereocenters. The zero-order valence-electron chi connectivity index (χ0n) is 12.0. The molecule has 0 saturated heterocycles. The van der Waals surface area contributed by atoms with Crippen LogP contribution in [-0.2, 0) is 5.75 Å². The molecule has 0 fully saturated rings. The number of hydrogen-bond acceptors (Lipinski definition) is 7. The summed E-state index contributed by atoms with van der Waals surface area (Å²) in [5.41, 5.74) is 4.81. The summed E-state index contributed by atoms with van der Waals surface area (Å²) in [6, 6.07) is 10.6. The van der Waals surface area contributed by atoms with Crippen LogP contribution in [-0.4, -0.2) is 31.5 Å². The first-order valence-electron chi connectivity index (χ1n) is 6.82. The molecular formula is C15H14N6OS. The molecule has 0 saturated carbocycles. The normalized spacial score (nSPS) is 11.0. The number of thioether (sulfide) groups is 1. The van der Waals surface area contributed by atoms with Crippen molar-refractivity contribution < 1.29 is 5.11 Å². The fourth-order valence-electron chi connectivity index (χ4n) is 1.72. The standard InChI is InChI=1S/C15H14N6OS/c22-13-3-1-11(2-4-13)9-17-19-14-18-15(21-20-14)23-10-12-5-7-16-8-6-12/h1-9,22H,10H2,(H2,18,19,20,21)/b17-9+. The van der Waals surface area contributed by atoms with Gasteiger partial charge in [0.25, 0.3) is 0 Å². The number of aromatic amines is 1. The lowest BCUT2D eigenvalue weighted by molar-refractivity contribution is 0.475. The van der Waals surface area contributed by atoms with Crippen molar-refractivity contribution in [3.8, 4) is 5.75 Å². The number of aromatic hydroxyl groups is 1. The monoisotopic (exact) mass is 326 g/mol. The van der Waals surface area contributed by atoms with E-state index < -0.39 is 0 Å². The van der Waals surface area contributed by atoms with Crippen molar-refractivity contribution in [1.82, 2.24) is 20.2 Å². The number of hydrazone groups is 1. The average molecular weight is 326 g/mol. The summed E-state index contributed by atoms with van der Waals surface area (Å²) >= 11 is 1.52. The molecule has 7 nitrogen and oxygen atoms in total. The van der Waals surface area contributed by atoms with E-state index >= 15 is 0 Å². The Balaban J connectivity index is 1.52. The molecule has 0 aliphatic carbocycles. The molecule has 3 rings (SSSR count). The summed E-state index contributed by atoms with van der Waals surface area (Å²) in [6.45, 7) is 0. The molecule has 0 radical (unpaired) electrons. The van der Waals surface area contributed by atoms with Gasteiger partial charge in [-0.05, 0) is 47.5 Å². The quantitative estimate of drug-likeness (QED) is 0.366. The van der Waals surface area contributed by atoms with Crippen LogP contribution in [0.4, 0.5) is 5.95 Å². The van der Waals surface area contributed by atoms with Gasteiger partial charge in [0.1, 0.15) is 5.75 Å². The van der Waals surface area contributed by atoms with Crippen LogP contribution in [0.15, 0.2) is 59.0 Å². The van der Waals surface area contributed by atoms with Gasteiger partial charge in [0.05, 0.1) is 6.21 Å². The highest BCUT2D eigenvalue weighted by molar-refractivity contribution is 7.98. The van der Waals surface area contributed by atoms with Crippen LogP contribution in [0.25, 0.3) is 0 Å². The maximum atomic E-state index is 9.21. The minimum Gasteiger partial charge on any atom is -0.508 e. The van der Waals surface area contributed by atoms with Gasteiger partial charge in [0.2, 0.25) is 11.1 Å². The van der Waals surface area contributed by atoms with Crippen molar-refractivity contribution in [3.05, 3.63) is 59.9 Å². The summed E-state index contributed by atoms with van der Waals surface area (Å²) in [6.07, 6.45) is 5.16. The molecular weight excluding hydrogens is 312 g/mol.